The Labute approximate surface area is 195 Å². The topological polar surface area (TPSA) is 117 Å². The normalized spacial score (nSPS) is 11.3. The first-order valence-electron chi connectivity index (χ1n) is 10.2. The Morgan fingerprint density at radius 3 is 2.26 bits per heavy atom. The van der Waals surface area contributed by atoms with Crippen molar-refractivity contribution in [3.05, 3.63) is 97.1 Å². The largest absolute Gasteiger partial charge is 0.438 e. The average molecular weight is 474 g/mol. The van der Waals surface area contributed by atoms with E-state index < -0.39 is 10.0 Å². The SMILES string of the molecule is Cc1ccn(-c2ccc(Oc3ccc(NS(=O)(=O)c4ccc(-n5cccn5)cc4)cc3)nn2)n1. The molecule has 5 rings (SSSR count). The lowest BCUT2D eigenvalue weighted by atomic mass is 10.3. The van der Waals surface area contributed by atoms with Gasteiger partial charge in [0.2, 0.25) is 5.88 Å². The van der Waals surface area contributed by atoms with Crippen molar-refractivity contribution < 1.29 is 13.2 Å². The van der Waals surface area contributed by atoms with E-state index in [0.717, 1.165) is 11.4 Å². The molecule has 3 aromatic heterocycles. The van der Waals surface area contributed by atoms with Crippen LogP contribution in [0.3, 0.4) is 0 Å². The molecule has 0 radical (unpaired) electrons. The summed E-state index contributed by atoms with van der Waals surface area (Å²) in [4.78, 5) is 0.145. The summed E-state index contributed by atoms with van der Waals surface area (Å²) in [7, 11) is -3.75. The smallest absolute Gasteiger partial charge is 0.261 e. The van der Waals surface area contributed by atoms with Crippen molar-refractivity contribution in [2.24, 2.45) is 0 Å². The van der Waals surface area contributed by atoms with Crippen LogP contribution in [0, 0.1) is 6.92 Å². The molecule has 0 saturated carbocycles. The molecule has 0 aliphatic carbocycles. The third kappa shape index (κ3) is 4.64. The van der Waals surface area contributed by atoms with Crippen molar-refractivity contribution in [3.63, 3.8) is 0 Å². The summed E-state index contributed by atoms with van der Waals surface area (Å²) in [6, 6.07) is 20.1. The molecule has 11 heteroatoms. The number of aromatic nitrogens is 6. The zero-order chi connectivity index (χ0) is 23.5. The highest BCUT2D eigenvalue weighted by Crippen LogP contribution is 2.23. The van der Waals surface area contributed by atoms with Gasteiger partial charge in [-0.25, -0.2) is 17.8 Å². The molecule has 0 atom stereocenters. The quantitative estimate of drug-likeness (QED) is 0.383. The van der Waals surface area contributed by atoms with E-state index in [1.54, 1.807) is 82.6 Å². The van der Waals surface area contributed by atoms with Crippen LogP contribution in [0.25, 0.3) is 11.5 Å². The number of nitrogens with zero attached hydrogens (tertiary/aromatic N) is 6. The van der Waals surface area contributed by atoms with E-state index >= 15 is 0 Å². The molecule has 0 aliphatic rings. The molecule has 0 spiro atoms. The van der Waals surface area contributed by atoms with Gasteiger partial charge in [0.15, 0.2) is 5.82 Å². The van der Waals surface area contributed by atoms with Gasteiger partial charge < -0.3 is 4.74 Å². The first-order chi connectivity index (χ1) is 16.5. The Bertz CT molecular complexity index is 1490. The Morgan fingerprint density at radius 2 is 1.65 bits per heavy atom. The summed E-state index contributed by atoms with van der Waals surface area (Å²) in [5.41, 5.74) is 2.05. The second-order valence-corrected chi connectivity index (χ2v) is 8.99. The van der Waals surface area contributed by atoms with Crippen molar-refractivity contribution in [3.8, 4) is 23.1 Å². The van der Waals surface area contributed by atoms with E-state index in [9.17, 15) is 8.42 Å². The van der Waals surface area contributed by atoms with E-state index in [0.29, 0.717) is 23.1 Å². The van der Waals surface area contributed by atoms with Crippen LogP contribution in [0.4, 0.5) is 5.69 Å². The van der Waals surface area contributed by atoms with Gasteiger partial charge in [-0.2, -0.15) is 10.2 Å². The third-order valence-corrected chi connectivity index (χ3v) is 6.23. The molecule has 0 saturated heterocycles. The maximum Gasteiger partial charge on any atom is 0.261 e. The van der Waals surface area contributed by atoms with Gasteiger partial charge in [0, 0.05) is 30.3 Å². The number of benzene rings is 2. The minimum Gasteiger partial charge on any atom is -0.438 e. The van der Waals surface area contributed by atoms with Gasteiger partial charge in [-0.1, -0.05) is 0 Å². The molecule has 2 aromatic carbocycles. The van der Waals surface area contributed by atoms with E-state index in [1.165, 1.54) is 12.1 Å². The average Bonchev–Trinajstić information content (AvgIpc) is 3.53. The fraction of sp³-hybridized carbons (Fsp3) is 0.0435. The molecule has 0 aliphatic heterocycles. The molecule has 3 heterocycles. The second kappa shape index (κ2) is 8.79. The summed E-state index contributed by atoms with van der Waals surface area (Å²) >= 11 is 0. The van der Waals surface area contributed by atoms with Gasteiger partial charge in [-0.05, 0) is 73.7 Å². The predicted molar refractivity (Wildman–Crippen MR) is 125 cm³/mol. The van der Waals surface area contributed by atoms with Gasteiger partial charge in [0.05, 0.1) is 16.3 Å². The summed E-state index contributed by atoms with van der Waals surface area (Å²) < 4.78 is 37.0. The Balaban J connectivity index is 1.24. The summed E-state index contributed by atoms with van der Waals surface area (Å²) in [5.74, 6) is 1.37. The molecule has 1 N–H and O–H groups in total. The Kier molecular flexibility index (Phi) is 5.52. The fourth-order valence-corrected chi connectivity index (χ4v) is 4.22. The fourth-order valence-electron chi connectivity index (χ4n) is 3.16. The summed E-state index contributed by atoms with van der Waals surface area (Å²) in [6.45, 7) is 1.89. The number of sulfonamides is 1. The monoisotopic (exact) mass is 473 g/mol. The number of ether oxygens (including phenoxy) is 1. The van der Waals surface area contributed by atoms with Crippen LogP contribution in [0.2, 0.25) is 0 Å². The van der Waals surface area contributed by atoms with Gasteiger partial charge in [0.25, 0.3) is 10.0 Å². The molecular formula is C23H19N7O3S. The lowest BCUT2D eigenvalue weighted by molar-refractivity contribution is 0.454. The number of hydrogen-bond acceptors (Lipinski definition) is 7. The third-order valence-electron chi connectivity index (χ3n) is 4.83. The van der Waals surface area contributed by atoms with Gasteiger partial charge in [0.1, 0.15) is 5.75 Å². The van der Waals surface area contributed by atoms with Crippen molar-refractivity contribution >= 4 is 15.7 Å². The molecule has 0 fully saturated rings. The minimum absolute atomic E-state index is 0.145. The first kappa shape index (κ1) is 21.3. The highest BCUT2D eigenvalue weighted by Gasteiger charge is 2.14. The van der Waals surface area contributed by atoms with Crippen molar-refractivity contribution in [1.82, 2.24) is 29.8 Å². The number of nitrogens with one attached hydrogen (secondary N) is 1. The highest BCUT2D eigenvalue weighted by atomic mass is 32.2. The maximum absolute atomic E-state index is 12.7. The summed E-state index contributed by atoms with van der Waals surface area (Å²) in [6.07, 6.45) is 5.24. The van der Waals surface area contributed by atoms with E-state index in [4.69, 9.17) is 4.74 Å². The van der Waals surface area contributed by atoms with Gasteiger partial charge >= 0.3 is 0 Å². The van der Waals surface area contributed by atoms with Crippen LogP contribution in [0.5, 0.6) is 11.6 Å². The number of anilines is 1. The van der Waals surface area contributed by atoms with Crippen LogP contribution >= 0.6 is 0 Å². The molecule has 0 unspecified atom stereocenters. The Hall–Kier alpha value is -4.51. The Morgan fingerprint density at radius 1 is 0.853 bits per heavy atom. The molecule has 5 aromatic rings. The van der Waals surface area contributed by atoms with Crippen molar-refractivity contribution in [2.75, 3.05) is 4.72 Å². The molecule has 34 heavy (non-hydrogen) atoms. The second-order valence-electron chi connectivity index (χ2n) is 7.31. The zero-order valence-corrected chi connectivity index (χ0v) is 18.8. The van der Waals surface area contributed by atoms with Crippen LogP contribution in [-0.4, -0.2) is 38.2 Å². The first-order valence-corrected chi connectivity index (χ1v) is 11.7. The molecule has 0 bridgehead atoms. The van der Waals surface area contributed by atoms with Crippen LogP contribution in [0.1, 0.15) is 5.69 Å². The predicted octanol–water partition coefficient (Wildman–Crippen LogP) is 3.75. The molecular weight excluding hydrogens is 454 g/mol. The standard InChI is InChI=1S/C23H19N7O3S/c1-17-13-16-30(27-17)22-11-12-23(26-25-22)33-20-7-3-18(4-8-20)28-34(31,32)21-9-5-19(6-10-21)29-15-2-14-24-29/h2-16,28H,1H3. The summed E-state index contributed by atoms with van der Waals surface area (Å²) in [5, 5.41) is 16.6. The van der Waals surface area contributed by atoms with Crippen LogP contribution in [-0.2, 0) is 10.0 Å². The minimum atomic E-state index is -3.75. The van der Waals surface area contributed by atoms with E-state index in [2.05, 4.69) is 25.1 Å². The number of rotatable bonds is 7. The number of hydrogen-bond donors (Lipinski definition) is 1. The van der Waals surface area contributed by atoms with Crippen LogP contribution < -0.4 is 9.46 Å². The maximum atomic E-state index is 12.7. The highest BCUT2D eigenvalue weighted by molar-refractivity contribution is 7.92. The zero-order valence-electron chi connectivity index (χ0n) is 18.0. The number of aryl methyl sites for hydroxylation is 1. The lowest BCUT2D eigenvalue weighted by Gasteiger charge is -2.10. The van der Waals surface area contributed by atoms with E-state index in [1.807, 2.05) is 13.0 Å². The van der Waals surface area contributed by atoms with Crippen molar-refractivity contribution in [1.29, 1.82) is 0 Å². The molecule has 170 valence electrons. The van der Waals surface area contributed by atoms with Crippen molar-refractivity contribution in [2.45, 2.75) is 11.8 Å². The van der Waals surface area contributed by atoms with Gasteiger partial charge in [-0.3, -0.25) is 4.72 Å². The van der Waals surface area contributed by atoms with E-state index in [-0.39, 0.29) is 4.90 Å². The molecule has 10 nitrogen and oxygen atoms in total. The van der Waals surface area contributed by atoms with Crippen LogP contribution in [0.15, 0.2) is 96.3 Å². The molecule has 0 amide bonds. The van der Waals surface area contributed by atoms with Gasteiger partial charge in [-0.15, -0.1) is 10.2 Å². The lowest BCUT2D eigenvalue weighted by Crippen LogP contribution is -2.13.